The van der Waals surface area contributed by atoms with E-state index in [2.05, 4.69) is 21.2 Å². The average molecular weight is 327 g/mol. The van der Waals surface area contributed by atoms with Gasteiger partial charge in [0.1, 0.15) is 5.75 Å². The molecule has 1 heterocycles. The largest absolute Gasteiger partial charge is 0.496 e. The minimum Gasteiger partial charge on any atom is -0.496 e. The molecule has 1 saturated heterocycles. The molecule has 1 fully saturated rings. The third-order valence-electron chi connectivity index (χ3n) is 3.37. The zero-order chi connectivity index (χ0) is 13.8. The summed E-state index contributed by atoms with van der Waals surface area (Å²) >= 11 is 3.46. The van der Waals surface area contributed by atoms with Gasteiger partial charge in [-0.2, -0.15) is 0 Å². The number of nitrogens with zero attached hydrogens (tertiary/aromatic N) is 1. The lowest BCUT2D eigenvalue weighted by Crippen LogP contribution is -2.41. The van der Waals surface area contributed by atoms with Crippen molar-refractivity contribution >= 4 is 21.8 Å². The van der Waals surface area contributed by atoms with Gasteiger partial charge in [-0.3, -0.25) is 4.79 Å². The quantitative estimate of drug-likeness (QED) is 0.922. The van der Waals surface area contributed by atoms with E-state index in [0.29, 0.717) is 6.54 Å². The number of hydrogen-bond acceptors (Lipinski definition) is 3. The number of rotatable bonds is 4. The SMILES string of the molecule is COc1ccc(CN(C)C(=O)C2CCCN2)cc1Br. The van der Waals surface area contributed by atoms with Gasteiger partial charge >= 0.3 is 0 Å². The number of amides is 1. The van der Waals surface area contributed by atoms with E-state index in [1.54, 1.807) is 12.0 Å². The average Bonchev–Trinajstić information content (AvgIpc) is 2.92. The highest BCUT2D eigenvalue weighted by Gasteiger charge is 2.24. The Morgan fingerprint density at radius 2 is 2.37 bits per heavy atom. The lowest BCUT2D eigenvalue weighted by atomic mass is 10.1. The Hall–Kier alpha value is -1.07. The van der Waals surface area contributed by atoms with Gasteiger partial charge in [0.05, 0.1) is 17.6 Å². The summed E-state index contributed by atoms with van der Waals surface area (Å²) in [6.07, 6.45) is 2.02. The first-order valence-corrected chi connectivity index (χ1v) is 7.22. The van der Waals surface area contributed by atoms with Crippen LogP contribution in [-0.2, 0) is 11.3 Å². The van der Waals surface area contributed by atoms with Crippen LogP contribution < -0.4 is 10.1 Å². The van der Waals surface area contributed by atoms with Gasteiger partial charge in [-0.15, -0.1) is 0 Å². The summed E-state index contributed by atoms with van der Waals surface area (Å²) in [7, 11) is 3.49. The molecule has 1 aromatic carbocycles. The number of likely N-dealkylation sites (N-methyl/N-ethyl adjacent to an activating group) is 1. The topological polar surface area (TPSA) is 41.6 Å². The van der Waals surface area contributed by atoms with Gasteiger partial charge in [0, 0.05) is 13.6 Å². The monoisotopic (exact) mass is 326 g/mol. The van der Waals surface area contributed by atoms with E-state index < -0.39 is 0 Å². The van der Waals surface area contributed by atoms with Crippen LogP contribution in [0.25, 0.3) is 0 Å². The maximum atomic E-state index is 12.2. The molecule has 0 bridgehead atoms. The van der Waals surface area contributed by atoms with Gasteiger partial charge in [-0.1, -0.05) is 6.07 Å². The summed E-state index contributed by atoms with van der Waals surface area (Å²) in [6, 6.07) is 5.87. The normalized spacial score (nSPS) is 18.4. The highest BCUT2D eigenvalue weighted by molar-refractivity contribution is 9.10. The molecule has 1 aromatic rings. The van der Waals surface area contributed by atoms with Crippen LogP contribution in [0.1, 0.15) is 18.4 Å². The molecule has 1 aliphatic rings. The first-order chi connectivity index (χ1) is 9.11. The van der Waals surface area contributed by atoms with Crippen LogP contribution in [0.4, 0.5) is 0 Å². The standard InChI is InChI=1S/C14H19BrN2O2/c1-17(14(18)12-4-3-7-16-12)9-10-5-6-13(19-2)11(15)8-10/h5-6,8,12,16H,3-4,7,9H2,1-2H3. The molecule has 0 aliphatic carbocycles. The van der Waals surface area contributed by atoms with E-state index in [4.69, 9.17) is 4.74 Å². The maximum Gasteiger partial charge on any atom is 0.239 e. The van der Waals surface area contributed by atoms with Gasteiger partial charge in [0.2, 0.25) is 5.91 Å². The van der Waals surface area contributed by atoms with Crippen molar-refractivity contribution in [1.82, 2.24) is 10.2 Å². The molecule has 2 rings (SSSR count). The summed E-state index contributed by atoms with van der Waals surface area (Å²) in [4.78, 5) is 14.0. The van der Waals surface area contributed by atoms with Crippen molar-refractivity contribution in [3.63, 3.8) is 0 Å². The number of halogens is 1. The molecule has 1 aliphatic heterocycles. The van der Waals surface area contributed by atoms with Crippen molar-refractivity contribution < 1.29 is 9.53 Å². The van der Waals surface area contributed by atoms with Gasteiger partial charge in [-0.25, -0.2) is 0 Å². The molecule has 104 valence electrons. The van der Waals surface area contributed by atoms with E-state index in [1.165, 1.54) is 0 Å². The lowest BCUT2D eigenvalue weighted by Gasteiger charge is -2.21. The van der Waals surface area contributed by atoms with Crippen molar-refractivity contribution in [2.45, 2.75) is 25.4 Å². The van der Waals surface area contributed by atoms with Gasteiger partial charge in [0.15, 0.2) is 0 Å². The summed E-state index contributed by atoms with van der Waals surface area (Å²) in [5.41, 5.74) is 1.08. The molecule has 5 heteroatoms. The van der Waals surface area contributed by atoms with Crippen LogP contribution in [0, 0.1) is 0 Å². The number of ether oxygens (including phenoxy) is 1. The molecule has 0 saturated carbocycles. The van der Waals surface area contributed by atoms with E-state index in [9.17, 15) is 4.79 Å². The fraction of sp³-hybridized carbons (Fsp3) is 0.500. The van der Waals surface area contributed by atoms with Crippen LogP contribution in [0.15, 0.2) is 22.7 Å². The summed E-state index contributed by atoms with van der Waals surface area (Å²) in [6.45, 7) is 1.55. The van der Waals surface area contributed by atoms with Crippen LogP contribution in [-0.4, -0.2) is 37.6 Å². The van der Waals surface area contributed by atoms with Gasteiger partial charge < -0.3 is 15.0 Å². The number of nitrogens with one attached hydrogen (secondary N) is 1. The molecule has 0 radical (unpaired) electrons. The highest BCUT2D eigenvalue weighted by atomic mass is 79.9. The molecular weight excluding hydrogens is 308 g/mol. The molecule has 1 amide bonds. The first-order valence-electron chi connectivity index (χ1n) is 6.42. The predicted octanol–water partition coefficient (Wildman–Crippen LogP) is 2.17. The second-order valence-electron chi connectivity index (χ2n) is 4.81. The smallest absolute Gasteiger partial charge is 0.239 e. The van der Waals surface area contributed by atoms with Crippen molar-refractivity contribution in [3.05, 3.63) is 28.2 Å². The predicted molar refractivity (Wildman–Crippen MR) is 78.2 cm³/mol. The fourth-order valence-corrected chi connectivity index (χ4v) is 2.91. The summed E-state index contributed by atoms with van der Waals surface area (Å²) in [5.74, 6) is 0.972. The maximum absolute atomic E-state index is 12.2. The number of methoxy groups -OCH3 is 1. The number of carbonyl (C=O) groups is 1. The first kappa shape index (κ1) is 14.3. The van der Waals surface area contributed by atoms with Gasteiger partial charge in [-0.05, 0) is 53.0 Å². The van der Waals surface area contributed by atoms with Crippen LogP contribution in [0.3, 0.4) is 0 Å². The van der Waals surface area contributed by atoms with Crippen LogP contribution in [0.5, 0.6) is 5.75 Å². The van der Waals surface area contributed by atoms with E-state index >= 15 is 0 Å². The Morgan fingerprint density at radius 3 is 2.95 bits per heavy atom. The zero-order valence-electron chi connectivity index (χ0n) is 11.3. The molecular formula is C14H19BrN2O2. The molecule has 1 N–H and O–H groups in total. The summed E-state index contributed by atoms with van der Waals surface area (Å²) < 4.78 is 6.11. The molecule has 0 spiro atoms. The van der Waals surface area contributed by atoms with Crippen molar-refractivity contribution in [2.75, 3.05) is 20.7 Å². The Bertz CT molecular complexity index is 459. The van der Waals surface area contributed by atoms with E-state index in [-0.39, 0.29) is 11.9 Å². The molecule has 19 heavy (non-hydrogen) atoms. The molecule has 4 nitrogen and oxygen atoms in total. The minimum atomic E-state index is -0.00770. The number of benzene rings is 1. The third kappa shape index (κ3) is 3.48. The zero-order valence-corrected chi connectivity index (χ0v) is 12.9. The summed E-state index contributed by atoms with van der Waals surface area (Å²) in [5, 5.41) is 3.23. The minimum absolute atomic E-state index is 0.00770. The third-order valence-corrected chi connectivity index (χ3v) is 3.99. The molecule has 1 unspecified atom stereocenters. The molecule has 1 atom stereocenters. The Labute approximate surface area is 122 Å². The highest BCUT2D eigenvalue weighted by Crippen LogP contribution is 2.26. The van der Waals surface area contributed by atoms with E-state index in [0.717, 1.165) is 35.2 Å². The van der Waals surface area contributed by atoms with Gasteiger partial charge in [0.25, 0.3) is 0 Å². The van der Waals surface area contributed by atoms with Crippen molar-refractivity contribution in [3.8, 4) is 5.75 Å². The fourth-order valence-electron chi connectivity index (χ4n) is 2.32. The van der Waals surface area contributed by atoms with Crippen molar-refractivity contribution in [2.24, 2.45) is 0 Å². The Kier molecular flexibility index (Phi) is 4.82. The number of carbonyl (C=O) groups excluding carboxylic acids is 1. The van der Waals surface area contributed by atoms with Crippen LogP contribution >= 0.6 is 15.9 Å². The lowest BCUT2D eigenvalue weighted by molar-refractivity contribution is -0.132. The van der Waals surface area contributed by atoms with E-state index in [1.807, 2.05) is 25.2 Å². The second-order valence-corrected chi connectivity index (χ2v) is 5.67. The number of hydrogen-bond donors (Lipinski definition) is 1. The Morgan fingerprint density at radius 1 is 1.58 bits per heavy atom. The Balaban J connectivity index is 1.99. The molecule has 0 aromatic heterocycles. The van der Waals surface area contributed by atoms with Crippen molar-refractivity contribution in [1.29, 1.82) is 0 Å². The second kappa shape index (κ2) is 6.39. The van der Waals surface area contributed by atoms with Crippen LogP contribution in [0.2, 0.25) is 0 Å².